The van der Waals surface area contributed by atoms with E-state index in [9.17, 15) is 0 Å². The van der Waals surface area contributed by atoms with Crippen LogP contribution >= 0.6 is 11.3 Å². The van der Waals surface area contributed by atoms with Gasteiger partial charge in [0.15, 0.2) is 0 Å². The van der Waals surface area contributed by atoms with Gasteiger partial charge in [-0.1, -0.05) is 6.92 Å². The average molecular weight is 222 g/mol. The molecule has 5 heteroatoms. The molecule has 0 aliphatic heterocycles. The summed E-state index contributed by atoms with van der Waals surface area (Å²) in [7, 11) is 1.93. The van der Waals surface area contributed by atoms with Crippen LogP contribution in [0.4, 0.5) is 0 Å². The Bertz CT molecular complexity index is 407. The fourth-order valence-electron chi connectivity index (χ4n) is 1.54. The van der Waals surface area contributed by atoms with Gasteiger partial charge in [-0.15, -0.1) is 11.3 Å². The highest BCUT2D eigenvalue weighted by Crippen LogP contribution is 2.24. The molecule has 80 valence electrons. The van der Waals surface area contributed by atoms with Crippen molar-refractivity contribution in [2.24, 2.45) is 7.05 Å². The van der Waals surface area contributed by atoms with Crippen molar-refractivity contribution in [2.75, 3.05) is 6.54 Å². The third kappa shape index (κ3) is 2.24. The van der Waals surface area contributed by atoms with Gasteiger partial charge < -0.3 is 5.32 Å². The molecule has 0 spiro atoms. The lowest BCUT2D eigenvalue weighted by Crippen LogP contribution is -2.20. The number of nitrogens with zero attached hydrogens (tertiary/aromatic N) is 3. The van der Waals surface area contributed by atoms with E-state index in [1.807, 2.05) is 35.8 Å². The number of nitrogens with one attached hydrogen (secondary N) is 1. The van der Waals surface area contributed by atoms with Crippen LogP contribution < -0.4 is 5.32 Å². The van der Waals surface area contributed by atoms with Gasteiger partial charge in [0.25, 0.3) is 0 Å². The van der Waals surface area contributed by atoms with Crippen LogP contribution in [0.3, 0.4) is 0 Å². The van der Waals surface area contributed by atoms with Crippen molar-refractivity contribution in [3.63, 3.8) is 0 Å². The van der Waals surface area contributed by atoms with Crippen LogP contribution in [-0.4, -0.2) is 21.3 Å². The Morgan fingerprint density at radius 2 is 2.40 bits per heavy atom. The molecule has 1 atom stereocenters. The number of rotatable bonds is 4. The van der Waals surface area contributed by atoms with Gasteiger partial charge in [-0.3, -0.25) is 9.67 Å². The van der Waals surface area contributed by atoms with E-state index >= 15 is 0 Å². The third-order valence-electron chi connectivity index (χ3n) is 2.20. The zero-order valence-corrected chi connectivity index (χ0v) is 9.66. The number of hydrogen-bond acceptors (Lipinski definition) is 4. The zero-order valence-electron chi connectivity index (χ0n) is 8.84. The molecule has 0 amide bonds. The summed E-state index contributed by atoms with van der Waals surface area (Å²) < 4.78 is 1.82. The minimum absolute atomic E-state index is 0.219. The highest BCUT2D eigenvalue weighted by Gasteiger charge is 2.15. The molecule has 0 aliphatic carbocycles. The van der Waals surface area contributed by atoms with Crippen molar-refractivity contribution in [3.8, 4) is 0 Å². The number of aromatic nitrogens is 3. The lowest BCUT2D eigenvalue weighted by atomic mass is 10.1. The first-order valence-corrected chi connectivity index (χ1v) is 5.79. The Hall–Kier alpha value is -1.20. The van der Waals surface area contributed by atoms with Crippen LogP contribution in [0.1, 0.15) is 23.4 Å². The maximum Gasteiger partial charge on any atom is 0.0794 e. The molecule has 0 aromatic carbocycles. The molecule has 0 saturated heterocycles. The van der Waals surface area contributed by atoms with E-state index < -0.39 is 0 Å². The quantitative estimate of drug-likeness (QED) is 0.854. The summed E-state index contributed by atoms with van der Waals surface area (Å²) in [6.45, 7) is 3.03. The second-order valence-corrected chi connectivity index (χ2v) is 4.26. The van der Waals surface area contributed by atoms with Gasteiger partial charge >= 0.3 is 0 Å². The van der Waals surface area contributed by atoms with Crippen LogP contribution in [0, 0.1) is 0 Å². The Labute approximate surface area is 93.0 Å². The SMILES string of the molecule is CCNC(c1cnn(C)c1)c1cncs1. The molecule has 0 radical (unpaired) electrons. The van der Waals surface area contributed by atoms with E-state index in [2.05, 4.69) is 22.3 Å². The molecule has 1 unspecified atom stereocenters. The van der Waals surface area contributed by atoms with Gasteiger partial charge in [-0.2, -0.15) is 5.10 Å². The largest absolute Gasteiger partial charge is 0.306 e. The molecule has 2 aromatic heterocycles. The Morgan fingerprint density at radius 1 is 1.53 bits per heavy atom. The van der Waals surface area contributed by atoms with Crippen LogP contribution in [0.5, 0.6) is 0 Å². The van der Waals surface area contributed by atoms with Crippen LogP contribution in [0.15, 0.2) is 24.1 Å². The molecule has 2 heterocycles. The Balaban J connectivity index is 2.27. The second kappa shape index (κ2) is 4.55. The van der Waals surface area contributed by atoms with Crippen molar-refractivity contribution >= 4 is 11.3 Å². The minimum atomic E-state index is 0.219. The van der Waals surface area contributed by atoms with E-state index in [0.717, 1.165) is 6.54 Å². The van der Waals surface area contributed by atoms with E-state index in [1.54, 1.807) is 11.3 Å². The third-order valence-corrected chi connectivity index (χ3v) is 3.04. The van der Waals surface area contributed by atoms with Crippen LogP contribution in [0.2, 0.25) is 0 Å². The minimum Gasteiger partial charge on any atom is -0.306 e. The summed E-state index contributed by atoms with van der Waals surface area (Å²) in [6.07, 6.45) is 5.84. The maximum absolute atomic E-state index is 4.19. The Morgan fingerprint density at radius 3 is 2.93 bits per heavy atom. The van der Waals surface area contributed by atoms with Gasteiger partial charge in [0.05, 0.1) is 17.7 Å². The van der Waals surface area contributed by atoms with E-state index in [4.69, 9.17) is 0 Å². The maximum atomic E-state index is 4.19. The molecule has 4 nitrogen and oxygen atoms in total. The summed E-state index contributed by atoms with van der Waals surface area (Å²) in [4.78, 5) is 5.34. The van der Waals surface area contributed by atoms with Gasteiger partial charge in [-0.05, 0) is 6.54 Å². The molecule has 0 saturated carbocycles. The highest BCUT2D eigenvalue weighted by atomic mass is 32.1. The van der Waals surface area contributed by atoms with E-state index in [0.29, 0.717) is 0 Å². The molecular formula is C10H14N4S. The fourth-order valence-corrected chi connectivity index (χ4v) is 2.26. The topological polar surface area (TPSA) is 42.7 Å². The monoisotopic (exact) mass is 222 g/mol. The molecule has 2 aromatic rings. The lowest BCUT2D eigenvalue weighted by Gasteiger charge is -2.13. The summed E-state index contributed by atoms with van der Waals surface area (Å²) in [6, 6.07) is 0.219. The van der Waals surface area contributed by atoms with Crippen molar-refractivity contribution in [3.05, 3.63) is 34.5 Å². The molecule has 2 rings (SSSR count). The van der Waals surface area contributed by atoms with Gasteiger partial charge in [0.2, 0.25) is 0 Å². The predicted octanol–water partition coefficient (Wildman–Crippen LogP) is 1.58. The van der Waals surface area contributed by atoms with Gasteiger partial charge in [0.1, 0.15) is 0 Å². The molecule has 15 heavy (non-hydrogen) atoms. The predicted molar refractivity (Wildman–Crippen MR) is 60.8 cm³/mol. The molecule has 0 fully saturated rings. The van der Waals surface area contributed by atoms with E-state index in [1.165, 1.54) is 10.4 Å². The van der Waals surface area contributed by atoms with Crippen LogP contribution in [-0.2, 0) is 7.05 Å². The first-order valence-electron chi connectivity index (χ1n) is 4.91. The number of hydrogen-bond donors (Lipinski definition) is 1. The number of thiazole rings is 1. The molecule has 0 aliphatic rings. The molecule has 0 bridgehead atoms. The fraction of sp³-hybridized carbons (Fsp3) is 0.400. The van der Waals surface area contributed by atoms with Crippen molar-refractivity contribution in [1.82, 2.24) is 20.1 Å². The average Bonchev–Trinajstić information content (AvgIpc) is 2.85. The highest BCUT2D eigenvalue weighted by molar-refractivity contribution is 7.09. The standard InChI is InChI=1S/C10H14N4S/c1-3-12-10(9-5-11-7-15-9)8-4-13-14(2)6-8/h4-7,10,12H,3H2,1-2H3. The van der Waals surface area contributed by atoms with E-state index in [-0.39, 0.29) is 6.04 Å². The first-order chi connectivity index (χ1) is 7.31. The Kier molecular flexibility index (Phi) is 3.13. The van der Waals surface area contributed by atoms with Crippen molar-refractivity contribution in [2.45, 2.75) is 13.0 Å². The van der Waals surface area contributed by atoms with Gasteiger partial charge in [0, 0.05) is 29.9 Å². The smallest absolute Gasteiger partial charge is 0.0794 e. The number of aryl methyl sites for hydroxylation is 1. The molecular weight excluding hydrogens is 208 g/mol. The molecule has 1 N–H and O–H groups in total. The van der Waals surface area contributed by atoms with Crippen molar-refractivity contribution < 1.29 is 0 Å². The second-order valence-electron chi connectivity index (χ2n) is 3.34. The van der Waals surface area contributed by atoms with Gasteiger partial charge in [-0.25, -0.2) is 0 Å². The normalized spacial score (nSPS) is 12.9. The van der Waals surface area contributed by atoms with Crippen molar-refractivity contribution in [1.29, 1.82) is 0 Å². The first kappa shape index (κ1) is 10.3. The summed E-state index contributed by atoms with van der Waals surface area (Å²) in [5, 5.41) is 7.62. The summed E-state index contributed by atoms with van der Waals surface area (Å²) >= 11 is 1.66. The van der Waals surface area contributed by atoms with Crippen LogP contribution in [0.25, 0.3) is 0 Å². The summed E-state index contributed by atoms with van der Waals surface area (Å²) in [5.74, 6) is 0. The lowest BCUT2D eigenvalue weighted by molar-refractivity contribution is 0.637. The zero-order chi connectivity index (χ0) is 10.7. The summed E-state index contributed by atoms with van der Waals surface area (Å²) in [5.41, 5.74) is 3.04.